The molecule has 0 saturated heterocycles. The van der Waals surface area contributed by atoms with Crippen LogP contribution in [0.4, 0.5) is 0 Å². The molecule has 96 valence electrons. The molecule has 0 aromatic carbocycles. The molecular weight excluding hydrogens is 220 g/mol. The monoisotopic (exact) mass is 240 g/mol. The molecule has 1 saturated carbocycles. The maximum absolute atomic E-state index is 11.1. The summed E-state index contributed by atoms with van der Waals surface area (Å²) in [5, 5.41) is 9.09. The first-order chi connectivity index (χ1) is 8.15. The van der Waals surface area contributed by atoms with Crippen LogP contribution in [0.2, 0.25) is 0 Å². The zero-order valence-corrected chi connectivity index (χ0v) is 10.1. The Morgan fingerprint density at radius 3 is 2.71 bits per heavy atom. The van der Waals surface area contributed by atoms with Crippen LogP contribution >= 0.6 is 0 Å². The highest BCUT2D eigenvalue weighted by atomic mass is 16.5. The van der Waals surface area contributed by atoms with E-state index >= 15 is 0 Å². The van der Waals surface area contributed by atoms with Gasteiger partial charge in [0.1, 0.15) is 0 Å². The topological polar surface area (TPSA) is 63.6 Å². The van der Waals surface area contributed by atoms with Gasteiger partial charge in [0.25, 0.3) is 0 Å². The highest BCUT2D eigenvalue weighted by molar-refractivity contribution is 5.81. The second kappa shape index (κ2) is 7.09. The molecule has 0 amide bonds. The lowest BCUT2D eigenvalue weighted by Gasteiger charge is -2.28. The van der Waals surface area contributed by atoms with Crippen LogP contribution in [0.1, 0.15) is 38.5 Å². The molecule has 1 aliphatic rings. The van der Waals surface area contributed by atoms with Crippen molar-refractivity contribution in [1.82, 2.24) is 0 Å². The molecule has 0 aliphatic heterocycles. The molecular formula is C13H20O4. The van der Waals surface area contributed by atoms with E-state index in [-0.39, 0.29) is 11.8 Å². The van der Waals surface area contributed by atoms with E-state index in [9.17, 15) is 9.59 Å². The fourth-order valence-electron chi connectivity index (χ4n) is 2.46. The first-order valence-electron chi connectivity index (χ1n) is 6.17. The third kappa shape index (κ3) is 4.59. The number of aliphatic carboxylic acids is 1. The molecule has 0 aromatic heterocycles. The third-order valence-corrected chi connectivity index (χ3v) is 3.36. The van der Waals surface area contributed by atoms with Gasteiger partial charge >= 0.3 is 11.9 Å². The smallest absolute Gasteiger partial charge is 0.330 e. The van der Waals surface area contributed by atoms with Gasteiger partial charge in [0.2, 0.25) is 0 Å². The Hall–Kier alpha value is -1.32. The molecule has 4 nitrogen and oxygen atoms in total. The minimum absolute atomic E-state index is 0.209. The zero-order chi connectivity index (χ0) is 12.7. The molecule has 1 aliphatic carbocycles. The number of carboxylic acids is 1. The lowest BCUT2D eigenvalue weighted by Crippen LogP contribution is -2.27. The average molecular weight is 240 g/mol. The third-order valence-electron chi connectivity index (χ3n) is 3.36. The van der Waals surface area contributed by atoms with E-state index in [0.717, 1.165) is 44.6 Å². The molecule has 0 heterocycles. The van der Waals surface area contributed by atoms with Crippen LogP contribution in [-0.4, -0.2) is 23.7 Å². The summed E-state index contributed by atoms with van der Waals surface area (Å²) in [5.74, 6) is -1.07. The second-order valence-corrected chi connectivity index (χ2v) is 4.50. The Morgan fingerprint density at radius 1 is 1.35 bits per heavy atom. The summed E-state index contributed by atoms with van der Waals surface area (Å²) in [4.78, 5) is 21.9. The Labute approximate surface area is 102 Å². The van der Waals surface area contributed by atoms with Crippen molar-refractivity contribution < 1.29 is 19.4 Å². The number of hydrogen-bond acceptors (Lipinski definition) is 3. The highest BCUT2D eigenvalue weighted by Gasteiger charge is 2.30. The Balaban J connectivity index is 2.26. The minimum atomic E-state index is -0.683. The van der Waals surface area contributed by atoms with E-state index in [0.29, 0.717) is 6.61 Å². The standard InChI is InChI=1S/C13H20O4/c1-2-12(14)17-9-5-7-10-6-3-4-8-11(10)13(15)16/h2,10-11H,1,3-9H2,(H,15,16). The predicted molar refractivity (Wildman–Crippen MR) is 63.5 cm³/mol. The normalized spacial score (nSPS) is 24.0. The van der Waals surface area contributed by atoms with Crippen LogP contribution in [-0.2, 0) is 14.3 Å². The van der Waals surface area contributed by atoms with E-state index in [1.807, 2.05) is 0 Å². The van der Waals surface area contributed by atoms with Crippen molar-refractivity contribution in [2.24, 2.45) is 11.8 Å². The number of rotatable bonds is 6. The van der Waals surface area contributed by atoms with Crippen molar-refractivity contribution in [1.29, 1.82) is 0 Å². The van der Waals surface area contributed by atoms with Gasteiger partial charge in [0.05, 0.1) is 12.5 Å². The SMILES string of the molecule is C=CC(=O)OCCCC1CCCCC1C(=O)O. The van der Waals surface area contributed by atoms with Gasteiger partial charge in [-0.25, -0.2) is 4.79 Å². The number of ether oxygens (including phenoxy) is 1. The van der Waals surface area contributed by atoms with E-state index in [1.54, 1.807) is 0 Å². The van der Waals surface area contributed by atoms with E-state index in [1.165, 1.54) is 0 Å². The van der Waals surface area contributed by atoms with Crippen molar-refractivity contribution in [3.63, 3.8) is 0 Å². The molecule has 0 radical (unpaired) electrons. The molecule has 17 heavy (non-hydrogen) atoms. The summed E-state index contributed by atoms with van der Waals surface area (Å²) >= 11 is 0. The lowest BCUT2D eigenvalue weighted by atomic mass is 9.77. The lowest BCUT2D eigenvalue weighted by molar-refractivity contribution is -0.145. The summed E-state index contributed by atoms with van der Waals surface area (Å²) in [5.41, 5.74) is 0. The van der Waals surface area contributed by atoms with Gasteiger partial charge in [-0.2, -0.15) is 0 Å². The van der Waals surface area contributed by atoms with Crippen LogP contribution in [0.15, 0.2) is 12.7 Å². The quantitative estimate of drug-likeness (QED) is 0.440. The molecule has 0 spiro atoms. The molecule has 0 aromatic rings. The average Bonchev–Trinajstić information content (AvgIpc) is 2.34. The molecule has 4 heteroatoms. The van der Waals surface area contributed by atoms with Crippen LogP contribution in [0.3, 0.4) is 0 Å². The van der Waals surface area contributed by atoms with Gasteiger partial charge in [-0.15, -0.1) is 0 Å². The molecule has 1 rings (SSSR count). The largest absolute Gasteiger partial charge is 0.481 e. The summed E-state index contributed by atoms with van der Waals surface area (Å²) in [7, 11) is 0. The Bertz CT molecular complexity index is 285. The predicted octanol–water partition coefficient (Wildman–Crippen LogP) is 2.39. The van der Waals surface area contributed by atoms with Gasteiger partial charge in [-0.05, 0) is 31.6 Å². The van der Waals surface area contributed by atoms with E-state index < -0.39 is 11.9 Å². The van der Waals surface area contributed by atoms with Crippen molar-refractivity contribution >= 4 is 11.9 Å². The van der Waals surface area contributed by atoms with E-state index in [2.05, 4.69) is 6.58 Å². The molecule has 2 unspecified atom stereocenters. The highest BCUT2D eigenvalue weighted by Crippen LogP contribution is 2.33. The number of hydrogen-bond donors (Lipinski definition) is 1. The van der Waals surface area contributed by atoms with Crippen LogP contribution in [0.25, 0.3) is 0 Å². The molecule has 0 bridgehead atoms. The minimum Gasteiger partial charge on any atom is -0.481 e. The molecule has 2 atom stereocenters. The first kappa shape index (κ1) is 13.7. The number of carbonyl (C=O) groups is 2. The van der Waals surface area contributed by atoms with Crippen molar-refractivity contribution in [2.75, 3.05) is 6.61 Å². The zero-order valence-electron chi connectivity index (χ0n) is 10.1. The number of carboxylic acid groups (broad SMARTS) is 1. The Morgan fingerprint density at radius 2 is 2.06 bits per heavy atom. The van der Waals surface area contributed by atoms with Gasteiger partial charge in [-0.3, -0.25) is 4.79 Å². The van der Waals surface area contributed by atoms with Gasteiger partial charge < -0.3 is 9.84 Å². The molecule has 1 fully saturated rings. The van der Waals surface area contributed by atoms with E-state index in [4.69, 9.17) is 9.84 Å². The summed E-state index contributed by atoms with van der Waals surface area (Å²) in [6, 6.07) is 0. The van der Waals surface area contributed by atoms with Gasteiger partial charge in [-0.1, -0.05) is 19.4 Å². The van der Waals surface area contributed by atoms with Crippen LogP contribution in [0, 0.1) is 11.8 Å². The maximum atomic E-state index is 11.1. The molecule has 1 N–H and O–H groups in total. The maximum Gasteiger partial charge on any atom is 0.330 e. The number of carbonyl (C=O) groups excluding carboxylic acids is 1. The second-order valence-electron chi connectivity index (χ2n) is 4.50. The fourth-order valence-corrected chi connectivity index (χ4v) is 2.46. The van der Waals surface area contributed by atoms with Gasteiger partial charge in [0, 0.05) is 6.08 Å². The first-order valence-corrected chi connectivity index (χ1v) is 6.17. The Kier molecular flexibility index (Phi) is 5.73. The summed E-state index contributed by atoms with van der Waals surface area (Å²) < 4.78 is 4.87. The van der Waals surface area contributed by atoms with Crippen LogP contribution in [0.5, 0.6) is 0 Å². The van der Waals surface area contributed by atoms with Crippen molar-refractivity contribution in [3.8, 4) is 0 Å². The van der Waals surface area contributed by atoms with Gasteiger partial charge in [0.15, 0.2) is 0 Å². The van der Waals surface area contributed by atoms with Crippen molar-refractivity contribution in [2.45, 2.75) is 38.5 Å². The summed E-state index contributed by atoms with van der Waals surface area (Å²) in [6.45, 7) is 3.67. The summed E-state index contributed by atoms with van der Waals surface area (Å²) in [6.07, 6.45) is 6.58. The number of esters is 1. The fraction of sp³-hybridized carbons (Fsp3) is 0.692. The van der Waals surface area contributed by atoms with Crippen LogP contribution < -0.4 is 0 Å². The van der Waals surface area contributed by atoms with Crippen molar-refractivity contribution in [3.05, 3.63) is 12.7 Å².